The van der Waals surface area contributed by atoms with Gasteiger partial charge in [-0.05, 0) is 36.4 Å². The highest BCUT2D eigenvalue weighted by atomic mass is 32.2. The summed E-state index contributed by atoms with van der Waals surface area (Å²) in [5.74, 6) is 0.651. The predicted octanol–water partition coefficient (Wildman–Crippen LogP) is 2.36. The van der Waals surface area contributed by atoms with E-state index in [-0.39, 0.29) is 10.5 Å². The van der Waals surface area contributed by atoms with Gasteiger partial charge in [-0.3, -0.25) is 0 Å². The number of aromatic nitrogens is 2. The molecule has 0 bridgehead atoms. The molecule has 0 saturated carbocycles. The van der Waals surface area contributed by atoms with Crippen LogP contribution in [0.2, 0.25) is 0 Å². The zero-order valence-electron chi connectivity index (χ0n) is 13.2. The minimum absolute atomic E-state index is 0.102. The Hall–Kier alpha value is -3.31. The zero-order valence-corrected chi connectivity index (χ0v) is 14.1. The summed E-state index contributed by atoms with van der Waals surface area (Å²) in [6.07, 6.45) is 1.31. The number of methoxy groups -OCH3 is 1. The van der Waals surface area contributed by atoms with Crippen LogP contribution in [-0.4, -0.2) is 25.4 Å². The Kier molecular flexibility index (Phi) is 4.41. The normalized spacial score (nSPS) is 10.9. The van der Waals surface area contributed by atoms with Crippen LogP contribution in [0.5, 0.6) is 5.75 Å². The van der Waals surface area contributed by atoms with E-state index < -0.39 is 10.0 Å². The Morgan fingerprint density at radius 2 is 1.80 bits per heavy atom. The van der Waals surface area contributed by atoms with Crippen LogP contribution in [0.25, 0.3) is 11.3 Å². The van der Waals surface area contributed by atoms with Gasteiger partial charge in [-0.1, -0.05) is 18.2 Å². The first-order valence-electron chi connectivity index (χ1n) is 7.25. The van der Waals surface area contributed by atoms with Gasteiger partial charge in [0.1, 0.15) is 23.1 Å². The van der Waals surface area contributed by atoms with Crippen molar-refractivity contribution in [2.45, 2.75) is 4.90 Å². The largest absolute Gasteiger partial charge is 0.497 e. The van der Waals surface area contributed by atoms with Crippen molar-refractivity contribution in [1.29, 1.82) is 5.26 Å². The molecule has 0 fully saturated rings. The van der Waals surface area contributed by atoms with Crippen LogP contribution in [0.3, 0.4) is 0 Å². The number of hydrogen-bond acceptors (Lipinski definition) is 5. The van der Waals surface area contributed by atoms with Gasteiger partial charge in [0.05, 0.1) is 18.2 Å². The van der Waals surface area contributed by atoms with Crippen molar-refractivity contribution in [3.05, 3.63) is 66.4 Å². The lowest BCUT2D eigenvalue weighted by atomic mass is 10.1. The van der Waals surface area contributed by atoms with Gasteiger partial charge >= 0.3 is 0 Å². The maximum Gasteiger partial charge on any atom is 0.276 e. The molecule has 0 saturated heterocycles. The third-order valence-corrected chi connectivity index (χ3v) is 4.82. The van der Waals surface area contributed by atoms with E-state index in [9.17, 15) is 13.7 Å². The van der Waals surface area contributed by atoms with E-state index in [4.69, 9.17) is 4.74 Å². The first kappa shape index (κ1) is 16.5. The molecule has 1 heterocycles. The molecular weight excluding hydrogens is 340 g/mol. The highest BCUT2D eigenvalue weighted by molar-refractivity contribution is 7.92. The highest BCUT2D eigenvalue weighted by Crippen LogP contribution is 2.25. The van der Waals surface area contributed by atoms with Crippen molar-refractivity contribution < 1.29 is 13.2 Å². The molecule has 0 unspecified atom stereocenters. The monoisotopic (exact) mass is 354 g/mol. The van der Waals surface area contributed by atoms with E-state index in [1.54, 1.807) is 49.6 Å². The average Bonchev–Trinajstić information content (AvgIpc) is 3.04. The van der Waals surface area contributed by atoms with E-state index in [0.717, 1.165) is 4.79 Å². The van der Waals surface area contributed by atoms with E-state index in [1.165, 1.54) is 18.3 Å². The number of nitrogens with one attached hydrogen (secondary N) is 1. The highest BCUT2D eigenvalue weighted by Gasteiger charge is 2.19. The van der Waals surface area contributed by atoms with Gasteiger partial charge in [-0.15, -0.1) is 0 Å². The zero-order chi connectivity index (χ0) is 17.9. The van der Waals surface area contributed by atoms with Gasteiger partial charge in [0.2, 0.25) is 0 Å². The molecular formula is C17H14N4O3S. The molecule has 3 rings (SSSR count). The average molecular weight is 354 g/mol. The second-order valence-corrected chi connectivity index (χ2v) is 6.73. The molecule has 0 aliphatic carbocycles. The summed E-state index contributed by atoms with van der Waals surface area (Å²) in [6, 6.07) is 16.8. The van der Waals surface area contributed by atoms with Crippen molar-refractivity contribution in [2.75, 3.05) is 11.9 Å². The summed E-state index contributed by atoms with van der Waals surface area (Å²) in [7, 11) is -2.29. The maximum atomic E-state index is 12.5. The predicted molar refractivity (Wildman–Crippen MR) is 91.9 cm³/mol. The van der Waals surface area contributed by atoms with Crippen molar-refractivity contribution in [2.24, 2.45) is 0 Å². The summed E-state index contributed by atoms with van der Waals surface area (Å²) in [5.41, 5.74) is 1.23. The molecule has 0 spiro atoms. The van der Waals surface area contributed by atoms with Crippen LogP contribution in [0.4, 0.5) is 0 Å². The lowest BCUT2D eigenvalue weighted by Crippen LogP contribution is -2.25. The fraction of sp³-hybridized carbons (Fsp3) is 0.0588. The van der Waals surface area contributed by atoms with Gasteiger partial charge in [-0.25, -0.2) is 0 Å². The fourth-order valence-electron chi connectivity index (χ4n) is 2.29. The molecule has 1 aromatic heterocycles. The molecule has 7 nitrogen and oxygen atoms in total. The van der Waals surface area contributed by atoms with Gasteiger partial charge in [0, 0.05) is 5.56 Å². The molecule has 0 radical (unpaired) electrons. The fourth-order valence-corrected chi connectivity index (χ4v) is 3.28. The Balaban J connectivity index is 2.03. The number of sulfonamides is 1. The second kappa shape index (κ2) is 6.67. The van der Waals surface area contributed by atoms with Gasteiger partial charge in [0.25, 0.3) is 10.0 Å². The summed E-state index contributed by atoms with van der Waals surface area (Å²) in [4.78, 5) is 3.57. The van der Waals surface area contributed by atoms with Crippen LogP contribution in [0, 0.1) is 11.3 Å². The van der Waals surface area contributed by atoms with E-state index >= 15 is 0 Å². The molecule has 126 valence electrons. The molecule has 0 aliphatic rings. The smallest absolute Gasteiger partial charge is 0.276 e. The Morgan fingerprint density at radius 1 is 1.12 bits per heavy atom. The van der Waals surface area contributed by atoms with Gasteiger partial charge < -0.3 is 4.74 Å². The van der Waals surface area contributed by atoms with E-state index in [2.05, 4.69) is 9.93 Å². The minimum Gasteiger partial charge on any atom is -0.497 e. The van der Waals surface area contributed by atoms with Crippen LogP contribution in [0.15, 0.2) is 65.7 Å². The molecule has 2 aromatic carbocycles. The minimum atomic E-state index is -3.84. The van der Waals surface area contributed by atoms with Crippen LogP contribution >= 0.6 is 0 Å². The Morgan fingerprint density at radius 3 is 2.40 bits per heavy atom. The van der Waals surface area contributed by atoms with Crippen molar-refractivity contribution in [1.82, 2.24) is 9.89 Å². The number of nitriles is 1. The lowest BCUT2D eigenvalue weighted by Gasteiger charge is -2.12. The molecule has 0 aliphatic heterocycles. The first-order chi connectivity index (χ1) is 12.0. The quantitative estimate of drug-likeness (QED) is 0.758. The third-order valence-electron chi connectivity index (χ3n) is 3.51. The number of ether oxygens (including phenoxy) is 1. The maximum absolute atomic E-state index is 12.5. The Labute approximate surface area is 145 Å². The number of nitrogens with zero attached hydrogens (tertiary/aromatic N) is 3. The van der Waals surface area contributed by atoms with Gasteiger partial charge in [-0.2, -0.15) is 28.4 Å². The van der Waals surface area contributed by atoms with Crippen LogP contribution in [-0.2, 0) is 10.0 Å². The molecule has 3 aromatic rings. The number of hydrogen-bond donors (Lipinski definition) is 1. The van der Waals surface area contributed by atoms with E-state index in [1.807, 2.05) is 6.07 Å². The van der Waals surface area contributed by atoms with E-state index in [0.29, 0.717) is 17.0 Å². The SMILES string of the molecule is COc1ccc(-c2c(C#N)cnn2NS(=O)(=O)c2ccccc2)cc1. The van der Waals surface area contributed by atoms with Crippen molar-refractivity contribution >= 4 is 10.0 Å². The standard InChI is InChI=1S/C17H14N4O3S/c1-24-15-9-7-13(8-10-15)17-14(11-18)12-19-21(17)20-25(22,23)16-5-3-2-4-6-16/h2-10,12,20H,1H3. The topological polar surface area (TPSA) is 97.0 Å². The third kappa shape index (κ3) is 3.32. The van der Waals surface area contributed by atoms with Crippen LogP contribution < -0.4 is 9.57 Å². The molecule has 8 heteroatoms. The first-order valence-corrected chi connectivity index (χ1v) is 8.74. The number of rotatable bonds is 5. The Bertz CT molecular complexity index is 1020. The molecule has 1 N–H and O–H groups in total. The van der Waals surface area contributed by atoms with Crippen LogP contribution in [0.1, 0.15) is 5.56 Å². The summed E-state index contributed by atoms with van der Waals surface area (Å²) in [6.45, 7) is 0. The summed E-state index contributed by atoms with van der Waals surface area (Å²) < 4.78 is 30.1. The molecule has 25 heavy (non-hydrogen) atoms. The van der Waals surface area contributed by atoms with Crippen molar-refractivity contribution in [3.63, 3.8) is 0 Å². The van der Waals surface area contributed by atoms with Crippen molar-refractivity contribution in [3.8, 4) is 23.1 Å². The summed E-state index contributed by atoms with van der Waals surface area (Å²) in [5, 5.41) is 13.3. The molecule has 0 amide bonds. The second-order valence-electron chi connectivity index (χ2n) is 5.07. The molecule has 0 atom stereocenters. The number of benzene rings is 2. The van der Waals surface area contributed by atoms with Gasteiger partial charge in [0.15, 0.2) is 0 Å². The lowest BCUT2D eigenvalue weighted by molar-refractivity contribution is 0.415. The summed E-state index contributed by atoms with van der Waals surface area (Å²) >= 11 is 0.